The number of esters is 1. The summed E-state index contributed by atoms with van der Waals surface area (Å²) in [7, 11) is -3.46. The number of carbonyl (C=O) groups is 1. The fourth-order valence-corrected chi connectivity index (χ4v) is 4.86. The number of hydrogen-bond acceptors (Lipinski definition) is 4. The highest BCUT2D eigenvalue weighted by molar-refractivity contribution is 7.91. The van der Waals surface area contributed by atoms with Crippen LogP contribution in [0.1, 0.15) is 42.9 Å². The largest absolute Gasteiger partial charge is 0.465 e. The molecule has 3 rings (SSSR count). The van der Waals surface area contributed by atoms with Gasteiger partial charge in [-0.3, -0.25) is 4.79 Å². The molecule has 1 aliphatic rings. The third kappa shape index (κ3) is 2.96. The first kappa shape index (κ1) is 16.7. The molecule has 24 heavy (non-hydrogen) atoms. The monoisotopic (exact) mass is 344 g/mol. The Morgan fingerprint density at radius 3 is 2.54 bits per heavy atom. The number of ether oxygens (including phenoxy) is 1. The molecule has 0 saturated carbocycles. The van der Waals surface area contributed by atoms with Crippen molar-refractivity contribution in [2.24, 2.45) is 0 Å². The molecule has 2 aromatic rings. The van der Waals surface area contributed by atoms with Crippen molar-refractivity contribution in [2.45, 2.75) is 42.4 Å². The van der Waals surface area contributed by atoms with Gasteiger partial charge < -0.3 is 4.74 Å². The lowest BCUT2D eigenvalue weighted by molar-refractivity contribution is -0.141. The Bertz CT molecular complexity index is 884. The van der Waals surface area contributed by atoms with E-state index in [2.05, 4.69) is 0 Å². The van der Waals surface area contributed by atoms with Crippen LogP contribution in [0.2, 0.25) is 0 Å². The van der Waals surface area contributed by atoms with Crippen LogP contribution < -0.4 is 0 Å². The molecule has 2 aromatic carbocycles. The maximum absolute atomic E-state index is 12.8. The predicted molar refractivity (Wildman–Crippen MR) is 90.8 cm³/mol. The Labute approximate surface area is 142 Å². The average Bonchev–Trinajstić information content (AvgIpc) is 2.55. The number of rotatable bonds is 4. The zero-order valence-corrected chi connectivity index (χ0v) is 14.6. The molecule has 126 valence electrons. The zero-order chi connectivity index (χ0) is 17.3. The lowest BCUT2D eigenvalue weighted by atomic mass is 9.93. The van der Waals surface area contributed by atoms with Crippen LogP contribution in [-0.4, -0.2) is 21.0 Å². The van der Waals surface area contributed by atoms with Gasteiger partial charge in [-0.05, 0) is 35.2 Å². The second kappa shape index (κ2) is 6.40. The summed E-state index contributed by atoms with van der Waals surface area (Å²) in [5.74, 6) is -0.234. The lowest BCUT2D eigenvalue weighted by Gasteiger charge is -2.22. The van der Waals surface area contributed by atoms with Gasteiger partial charge in [-0.1, -0.05) is 37.3 Å². The third-order valence-electron chi connectivity index (χ3n) is 4.47. The first-order valence-corrected chi connectivity index (χ1v) is 9.51. The summed E-state index contributed by atoms with van der Waals surface area (Å²) in [6.07, 6.45) is 1.41. The van der Waals surface area contributed by atoms with E-state index in [1.807, 2.05) is 31.2 Å². The first-order chi connectivity index (χ1) is 11.4. The van der Waals surface area contributed by atoms with E-state index in [4.69, 9.17) is 4.74 Å². The second-order valence-electron chi connectivity index (χ2n) is 6.06. The molecule has 0 N–H and O–H groups in total. The number of benzene rings is 2. The van der Waals surface area contributed by atoms with E-state index in [1.54, 1.807) is 18.2 Å². The van der Waals surface area contributed by atoms with Crippen molar-refractivity contribution < 1.29 is 17.9 Å². The van der Waals surface area contributed by atoms with Gasteiger partial charge in [0.25, 0.3) is 0 Å². The quantitative estimate of drug-likeness (QED) is 0.680. The zero-order valence-electron chi connectivity index (χ0n) is 13.8. The van der Waals surface area contributed by atoms with Gasteiger partial charge in [-0.25, -0.2) is 8.42 Å². The maximum Gasteiger partial charge on any atom is 0.302 e. The van der Waals surface area contributed by atoms with E-state index < -0.39 is 9.84 Å². The lowest BCUT2D eigenvalue weighted by Crippen LogP contribution is -2.16. The van der Waals surface area contributed by atoms with Crippen molar-refractivity contribution in [1.82, 2.24) is 0 Å². The fraction of sp³-hybridized carbons (Fsp3) is 0.316. The average molecular weight is 344 g/mol. The molecule has 0 radical (unpaired) electrons. The molecule has 1 unspecified atom stereocenters. The summed E-state index contributed by atoms with van der Waals surface area (Å²) in [4.78, 5) is 11.8. The van der Waals surface area contributed by atoms with Crippen LogP contribution in [0.4, 0.5) is 0 Å². The van der Waals surface area contributed by atoms with Crippen molar-refractivity contribution in [3.05, 3.63) is 59.2 Å². The maximum atomic E-state index is 12.8. The van der Waals surface area contributed by atoms with Gasteiger partial charge in [0, 0.05) is 19.3 Å². The van der Waals surface area contributed by atoms with E-state index >= 15 is 0 Å². The highest BCUT2D eigenvalue weighted by Gasteiger charge is 2.29. The van der Waals surface area contributed by atoms with Crippen molar-refractivity contribution in [1.29, 1.82) is 0 Å². The molecule has 1 heterocycles. The third-order valence-corrected chi connectivity index (χ3v) is 6.42. The minimum absolute atomic E-state index is 0.0686. The van der Waals surface area contributed by atoms with E-state index in [1.165, 1.54) is 6.92 Å². The summed E-state index contributed by atoms with van der Waals surface area (Å²) in [5, 5.41) is 0. The molecule has 1 aliphatic heterocycles. The van der Waals surface area contributed by atoms with Crippen molar-refractivity contribution in [3.63, 3.8) is 0 Å². The standard InChI is InChI=1S/C19H20O4S/c1-3-14(12-23-13(2)20)15-8-9-19-17(10-15)11-16-6-4-5-7-18(16)24(19,21)22/h4-10,14H,3,11-12H2,1-2H3. The van der Waals surface area contributed by atoms with Crippen LogP contribution in [0.15, 0.2) is 52.3 Å². The van der Waals surface area contributed by atoms with Crippen molar-refractivity contribution in [2.75, 3.05) is 6.61 Å². The number of carbonyl (C=O) groups excluding carboxylic acids is 1. The molecular formula is C19H20O4S. The topological polar surface area (TPSA) is 60.4 Å². The molecule has 0 bridgehead atoms. The molecule has 0 aromatic heterocycles. The van der Waals surface area contributed by atoms with Crippen LogP contribution in [-0.2, 0) is 25.8 Å². The van der Waals surface area contributed by atoms with Gasteiger partial charge >= 0.3 is 5.97 Å². The fourth-order valence-electron chi connectivity index (χ4n) is 3.16. The Balaban J connectivity index is 2.00. The molecule has 0 amide bonds. The predicted octanol–water partition coefficient (Wildman–Crippen LogP) is 3.48. The van der Waals surface area contributed by atoms with Crippen LogP contribution >= 0.6 is 0 Å². The van der Waals surface area contributed by atoms with Gasteiger partial charge in [-0.15, -0.1) is 0 Å². The van der Waals surface area contributed by atoms with Crippen molar-refractivity contribution >= 4 is 15.8 Å². The highest BCUT2D eigenvalue weighted by atomic mass is 32.2. The van der Waals surface area contributed by atoms with Crippen LogP contribution in [0.25, 0.3) is 0 Å². The van der Waals surface area contributed by atoms with E-state index in [-0.39, 0.29) is 11.9 Å². The first-order valence-electron chi connectivity index (χ1n) is 8.02. The summed E-state index contributed by atoms with van der Waals surface area (Å²) in [6, 6.07) is 12.6. The summed E-state index contributed by atoms with van der Waals surface area (Å²) < 4.78 is 30.7. The Hall–Kier alpha value is -2.14. The van der Waals surface area contributed by atoms with Crippen LogP contribution in [0.5, 0.6) is 0 Å². The molecule has 5 heteroatoms. The molecule has 0 aliphatic carbocycles. The van der Waals surface area contributed by atoms with Crippen molar-refractivity contribution in [3.8, 4) is 0 Å². The summed E-state index contributed by atoms with van der Waals surface area (Å²) in [5.41, 5.74) is 2.65. The van der Waals surface area contributed by atoms with E-state index in [9.17, 15) is 13.2 Å². The molecular weight excluding hydrogens is 324 g/mol. The van der Waals surface area contributed by atoms with Gasteiger partial charge in [-0.2, -0.15) is 0 Å². The minimum atomic E-state index is -3.46. The van der Waals surface area contributed by atoms with Gasteiger partial charge in [0.05, 0.1) is 16.4 Å². The molecule has 1 atom stereocenters. The summed E-state index contributed by atoms with van der Waals surface area (Å²) in [6.45, 7) is 3.73. The Morgan fingerprint density at radius 2 is 1.83 bits per heavy atom. The molecule has 0 spiro atoms. The molecule has 4 nitrogen and oxygen atoms in total. The number of sulfone groups is 1. The minimum Gasteiger partial charge on any atom is -0.465 e. The van der Waals surface area contributed by atoms with Crippen LogP contribution in [0, 0.1) is 0 Å². The smallest absolute Gasteiger partial charge is 0.302 e. The Kier molecular flexibility index (Phi) is 4.45. The normalized spacial score (nSPS) is 15.9. The number of fused-ring (bicyclic) bond motifs is 2. The highest BCUT2D eigenvalue weighted by Crippen LogP contribution is 2.36. The summed E-state index contributed by atoms with van der Waals surface area (Å²) >= 11 is 0. The second-order valence-corrected chi connectivity index (χ2v) is 7.95. The number of hydrogen-bond donors (Lipinski definition) is 0. The van der Waals surface area contributed by atoms with Crippen LogP contribution in [0.3, 0.4) is 0 Å². The SMILES string of the molecule is CCC(COC(C)=O)c1ccc2c(c1)Cc1ccccc1S2(=O)=O. The Morgan fingerprint density at radius 1 is 1.12 bits per heavy atom. The van der Waals surface area contributed by atoms with Gasteiger partial charge in [0.15, 0.2) is 0 Å². The van der Waals surface area contributed by atoms with Gasteiger partial charge in [0.1, 0.15) is 0 Å². The van der Waals surface area contributed by atoms with E-state index in [0.29, 0.717) is 22.8 Å². The van der Waals surface area contributed by atoms with Gasteiger partial charge in [0.2, 0.25) is 9.84 Å². The molecule has 0 fully saturated rings. The van der Waals surface area contributed by atoms with E-state index in [0.717, 1.165) is 23.1 Å². The molecule has 0 saturated heterocycles.